The molecule has 1 N–H and O–H groups in total. The molecule has 135 heavy (non-hydrogen) atoms. The first kappa shape index (κ1) is 94.1. The summed E-state index contributed by atoms with van der Waals surface area (Å²) in [5.74, 6) is 2.61. The SMILES string of the molecule is CC(C)(O)c1ccc(C(=O)N2CCC3(CC2)Oc2ccccc2-n2c(C(F)(F)F)ccc23)cn1.CCS(=O)(=O)c1ccc(C(=O)N2CCC3(CC2)Oc2ccccc2-n2c(C(F)(F)F)ccc23)cc1.CCc1ccc(C(=O)N2CCC3(CC2)Oc2cc(CN(C)C)ccc2-n2cccc23)cc1OC.Cn1ncc2c1-c1ccccc1OC21CCN(C(=O)c2ccc(S(C)(=O)=O)cc2Cl)CC1. The summed E-state index contributed by atoms with van der Waals surface area (Å²) < 4.78 is 168. The number of rotatable bonds is 12. The molecule has 4 saturated heterocycles. The molecule has 25 nitrogen and oxygen atoms in total. The van der Waals surface area contributed by atoms with E-state index in [9.17, 15) is 67.5 Å². The number of alkyl halides is 6. The van der Waals surface area contributed by atoms with Crippen LogP contribution >= 0.6 is 11.6 Å². The second-order valence-corrected chi connectivity index (χ2v) is 40.6. The number of carbonyl (C=O) groups is 4. The number of carbonyl (C=O) groups excluding carboxylic acids is 4. The summed E-state index contributed by atoms with van der Waals surface area (Å²) in [7, 11) is 0.965. The maximum Gasteiger partial charge on any atom is 0.431 e. The highest BCUT2D eigenvalue weighted by Crippen LogP contribution is 2.54. The van der Waals surface area contributed by atoms with E-state index >= 15 is 0 Å². The van der Waals surface area contributed by atoms with Crippen molar-refractivity contribution in [2.75, 3.05) is 85.6 Å². The van der Waals surface area contributed by atoms with Gasteiger partial charge in [-0.1, -0.05) is 74.0 Å². The first-order valence-corrected chi connectivity index (χ1v) is 48.6. The van der Waals surface area contributed by atoms with Crippen LogP contribution in [0.2, 0.25) is 5.02 Å². The number of hydrogen-bond acceptors (Lipinski definition) is 17. The first-order chi connectivity index (χ1) is 64.2. The summed E-state index contributed by atoms with van der Waals surface area (Å²) in [5.41, 5.74) is 5.90. The van der Waals surface area contributed by atoms with Crippen LogP contribution < -0.4 is 23.7 Å². The number of methoxy groups -OCH3 is 1. The largest absolute Gasteiger partial charge is 0.496 e. The Labute approximate surface area is 783 Å². The molecule has 0 saturated carbocycles. The van der Waals surface area contributed by atoms with Crippen LogP contribution in [-0.4, -0.2) is 184 Å². The molecule has 4 spiro atoms. The lowest BCUT2D eigenvalue weighted by molar-refractivity contribution is -0.143. The molecule has 7 aromatic carbocycles. The average Bonchev–Trinajstić information content (AvgIpc) is 1.65. The van der Waals surface area contributed by atoms with Gasteiger partial charge in [-0.3, -0.25) is 28.8 Å². The van der Waals surface area contributed by atoms with E-state index in [1.165, 1.54) is 81.2 Å². The number of hydrogen-bond donors (Lipinski definition) is 1. The number of fused-ring (bicyclic) bond motifs is 16. The van der Waals surface area contributed by atoms with Crippen LogP contribution in [0.15, 0.2) is 229 Å². The molecule has 8 aliphatic rings. The Morgan fingerprint density at radius 2 is 0.993 bits per heavy atom. The van der Waals surface area contributed by atoms with Gasteiger partial charge in [-0.15, -0.1) is 0 Å². The molecule has 706 valence electrons. The maximum atomic E-state index is 13.8. The minimum absolute atomic E-state index is 0.0323. The highest BCUT2D eigenvalue weighted by molar-refractivity contribution is 7.91. The van der Waals surface area contributed by atoms with Gasteiger partial charge in [0.2, 0.25) is 0 Å². The van der Waals surface area contributed by atoms with Crippen molar-refractivity contribution in [1.82, 2.24) is 53.0 Å². The smallest absolute Gasteiger partial charge is 0.431 e. The summed E-state index contributed by atoms with van der Waals surface area (Å²) in [6.07, 6.45) is 2.43. The minimum atomic E-state index is -4.53. The lowest BCUT2D eigenvalue weighted by atomic mass is 9.81. The fraction of sp³-hybridized carbons (Fsp3) is 0.347. The lowest BCUT2D eigenvalue weighted by Crippen LogP contribution is -2.50. The van der Waals surface area contributed by atoms with Gasteiger partial charge in [0, 0.05) is 158 Å². The summed E-state index contributed by atoms with van der Waals surface area (Å²) in [6.45, 7) is 11.2. The van der Waals surface area contributed by atoms with Crippen LogP contribution in [0.1, 0.15) is 171 Å². The second kappa shape index (κ2) is 36.2. The van der Waals surface area contributed by atoms with Crippen molar-refractivity contribution >= 4 is 54.9 Å². The predicted octanol–water partition coefficient (Wildman–Crippen LogP) is 17.8. The van der Waals surface area contributed by atoms with Gasteiger partial charge in [-0.2, -0.15) is 31.4 Å². The molecule has 0 atom stereocenters. The molecule has 4 fully saturated rings. The van der Waals surface area contributed by atoms with Crippen LogP contribution in [0, 0.1) is 0 Å². The van der Waals surface area contributed by atoms with E-state index in [2.05, 4.69) is 77.1 Å². The number of amides is 4. The van der Waals surface area contributed by atoms with Gasteiger partial charge < -0.3 is 67.0 Å². The summed E-state index contributed by atoms with van der Waals surface area (Å²) in [5, 5.41) is 14.7. The number of para-hydroxylation sites is 5. The summed E-state index contributed by atoms with van der Waals surface area (Å²) in [6, 6.07) is 56.2. The fourth-order valence-corrected chi connectivity index (χ4v) is 21.4. The Hall–Kier alpha value is -12.7. The van der Waals surface area contributed by atoms with Gasteiger partial charge >= 0.3 is 12.4 Å². The van der Waals surface area contributed by atoms with E-state index in [0.29, 0.717) is 140 Å². The highest BCUT2D eigenvalue weighted by atomic mass is 35.5. The van der Waals surface area contributed by atoms with E-state index < -0.39 is 71.4 Å². The van der Waals surface area contributed by atoms with Crippen LogP contribution in [0.25, 0.3) is 28.3 Å². The number of aryl methyl sites for hydroxylation is 2. The third-order valence-corrected chi connectivity index (χ3v) is 29.9. The Balaban J connectivity index is 0.000000125. The van der Waals surface area contributed by atoms with Crippen molar-refractivity contribution < 1.29 is 91.1 Å². The van der Waals surface area contributed by atoms with Gasteiger partial charge in [0.25, 0.3) is 23.6 Å². The molecule has 0 radical (unpaired) electrons. The highest BCUT2D eigenvalue weighted by Gasteiger charge is 2.53. The van der Waals surface area contributed by atoms with E-state index in [1.807, 2.05) is 65.3 Å². The number of pyridine rings is 1. The van der Waals surface area contributed by atoms with E-state index in [0.717, 1.165) is 89.5 Å². The molecule has 8 aliphatic heterocycles. The first-order valence-electron chi connectivity index (χ1n) is 44.7. The summed E-state index contributed by atoms with van der Waals surface area (Å²) in [4.78, 5) is 66.1. The zero-order valence-electron chi connectivity index (χ0n) is 75.9. The van der Waals surface area contributed by atoms with E-state index in [-0.39, 0.29) is 57.3 Å². The second-order valence-electron chi connectivity index (χ2n) is 35.9. The number of nitrogens with zero attached hydrogens (tertiary/aromatic N) is 11. The van der Waals surface area contributed by atoms with Crippen LogP contribution in [0.4, 0.5) is 26.3 Å². The van der Waals surface area contributed by atoms with Gasteiger partial charge in [0.1, 0.15) is 51.3 Å². The zero-order valence-corrected chi connectivity index (χ0v) is 78.2. The van der Waals surface area contributed by atoms with Crippen molar-refractivity contribution in [2.45, 2.75) is 142 Å². The molecule has 34 heteroatoms. The number of ether oxygens (including phenoxy) is 5. The standard InChI is InChI=1S/C28H33N3O3.C25H24F3N3O3.C25H23F3N2O4S.C23H22ClN3O4S/c1-5-21-9-10-22(18-24(21)33-4)27(32)30-15-12-28(13-16-30)26-7-6-14-31(26)23-11-8-20(19-29(2)3)17-25(23)34-28;1-23(2,33)19-8-7-16(15-29-19)22(32)30-13-11-24(12-14-30)20-9-10-21(25(26,27)28)31(20)17-5-3-4-6-18(17)34-24;1-2-35(32,33)18-9-7-17(8-10-18)23(31)29-15-13-24(14-16-29)21-11-12-22(25(26,27)28)30(21)19-5-3-4-6-20(19)34-24;1-26-21-17-5-3-4-6-20(17)31-23(18(21)14-25-26)9-11-27(12-10-23)22(28)16-8-7-15(13-19(16)24)32(2,29)30/h6-11,14,17-18H,5,12-13,15-16,19H2,1-4H3;3-10,15,33H,11-14H2,1-2H3;3-12H,2,13-16H2,1H3;3-8,13-14H,9-12H2,1-2H3. The Morgan fingerprint density at radius 1 is 0.511 bits per heavy atom. The average molecular weight is 1910 g/mol. The number of sulfone groups is 2. The van der Waals surface area contributed by atoms with E-state index in [4.69, 9.17) is 35.3 Å². The minimum Gasteiger partial charge on any atom is -0.496 e. The maximum absolute atomic E-state index is 13.8. The topological polar surface area (TPSA) is 265 Å². The molecule has 12 aromatic rings. The number of benzene rings is 7. The monoisotopic (exact) mass is 1910 g/mol. The third-order valence-electron chi connectivity index (χ3n) is 26.7. The molecule has 0 aliphatic carbocycles. The molecule has 13 heterocycles. The Morgan fingerprint density at radius 3 is 1.50 bits per heavy atom. The van der Waals surface area contributed by atoms with Crippen LogP contribution in [-0.2, 0) is 80.0 Å². The Bertz CT molecular complexity index is 6790. The summed E-state index contributed by atoms with van der Waals surface area (Å²) >= 11 is 6.27. The van der Waals surface area contributed by atoms with Crippen LogP contribution in [0.3, 0.4) is 0 Å². The Kier molecular flexibility index (Phi) is 25.2. The van der Waals surface area contributed by atoms with Crippen molar-refractivity contribution in [1.29, 1.82) is 0 Å². The molecular formula is C101H102ClF6N11O14S2. The third kappa shape index (κ3) is 18.0. The van der Waals surface area contributed by atoms with Crippen molar-refractivity contribution in [3.05, 3.63) is 297 Å². The predicted molar refractivity (Wildman–Crippen MR) is 494 cm³/mol. The number of aliphatic hydroxyl groups is 1. The fourth-order valence-electron chi connectivity index (χ4n) is 19.5. The van der Waals surface area contributed by atoms with Crippen LogP contribution in [0.5, 0.6) is 28.7 Å². The molecule has 0 unspecified atom stereocenters. The number of aromatic nitrogens is 6. The molecule has 20 rings (SSSR count). The van der Waals surface area contributed by atoms with Gasteiger partial charge in [-0.05, 0) is 197 Å². The number of halogens is 7. The van der Waals surface area contributed by atoms with Gasteiger partial charge in [0.05, 0.1) is 90.5 Å². The van der Waals surface area contributed by atoms with Gasteiger partial charge in [0.15, 0.2) is 36.5 Å². The van der Waals surface area contributed by atoms with Crippen molar-refractivity contribution in [3.63, 3.8) is 0 Å². The molecule has 5 aromatic heterocycles. The quantitative estimate of drug-likeness (QED) is 0.111. The van der Waals surface area contributed by atoms with Crippen molar-refractivity contribution in [3.8, 4) is 57.1 Å². The number of piperidine rings is 4. The lowest BCUT2D eigenvalue weighted by Gasteiger charge is -2.45. The molecule has 4 amide bonds. The normalized spacial score (nSPS) is 16.8. The number of likely N-dealkylation sites (tertiary alicyclic amines) is 4. The molecule has 0 bridgehead atoms. The van der Waals surface area contributed by atoms with E-state index in [1.54, 1.807) is 103 Å². The zero-order chi connectivity index (χ0) is 95.9. The van der Waals surface area contributed by atoms with Gasteiger partial charge in [-0.25, -0.2) is 16.8 Å². The molecular weight excluding hydrogens is 1800 g/mol. The van der Waals surface area contributed by atoms with Crippen molar-refractivity contribution in [2.24, 2.45) is 7.05 Å².